The average molecular weight is 298 g/mol. The van der Waals surface area contributed by atoms with Crippen molar-refractivity contribution < 1.29 is 14.4 Å². The Kier molecular flexibility index (Phi) is 5.44. The number of hydrogen-bond acceptors (Lipinski definition) is 6. The van der Waals surface area contributed by atoms with Gasteiger partial charge >= 0.3 is 0 Å². The monoisotopic (exact) mass is 298 g/mol. The zero-order valence-electron chi connectivity index (χ0n) is 10.2. The highest BCUT2D eigenvalue weighted by Crippen LogP contribution is 2.26. The topological polar surface area (TPSA) is 75.4 Å². The second-order valence-electron chi connectivity index (χ2n) is 3.73. The van der Waals surface area contributed by atoms with Gasteiger partial charge in [0.1, 0.15) is 0 Å². The standard InChI is InChI=1S/C12H14N2O3S2/c15-4-3-13-12(16)8-18-7-9-6-10(17-14-9)11-2-1-5-19-11/h1-2,5-6,15H,3-4,7-8H2,(H,13,16). The highest BCUT2D eigenvalue weighted by Gasteiger charge is 2.08. The van der Waals surface area contributed by atoms with Gasteiger partial charge in [-0.1, -0.05) is 11.2 Å². The second kappa shape index (κ2) is 7.32. The number of aromatic nitrogens is 1. The fourth-order valence-electron chi connectivity index (χ4n) is 1.41. The number of nitrogens with one attached hydrogen (secondary N) is 1. The molecule has 19 heavy (non-hydrogen) atoms. The van der Waals surface area contributed by atoms with Crippen LogP contribution >= 0.6 is 23.1 Å². The number of thioether (sulfide) groups is 1. The van der Waals surface area contributed by atoms with E-state index in [0.29, 0.717) is 18.1 Å². The van der Waals surface area contributed by atoms with E-state index in [9.17, 15) is 4.79 Å². The van der Waals surface area contributed by atoms with Crippen LogP contribution in [0.2, 0.25) is 0 Å². The summed E-state index contributed by atoms with van der Waals surface area (Å²) in [4.78, 5) is 12.3. The molecule has 0 atom stereocenters. The summed E-state index contributed by atoms with van der Waals surface area (Å²) in [5.74, 6) is 1.65. The molecule has 1 amide bonds. The van der Waals surface area contributed by atoms with Crippen molar-refractivity contribution in [3.63, 3.8) is 0 Å². The molecule has 2 aromatic rings. The molecule has 0 saturated carbocycles. The van der Waals surface area contributed by atoms with Gasteiger partial charge in [0.15, 0.2) is 5.76 Å². The summed E-state index contributed by atoms with van der Waals surface area (Å²) in [6.45, 7) is 0.260. The van der Waals surface area contributed by atoms with E-state index in [1.165, 1.54) is 11.8 Å². The van der Waals surface area contributed by atoms with Crippen molar-refractivity contribution in [2.75, 3.05) is 18.9 Å². The molecule has 0 fully saturated rings. The van der Waals surface area contributed by atoms with Crippen LogP contribution < -0.4 is 5.32 Å². The lowest BCUT2D eigenvalue weighted by Crippen LogP contribution is -2.27. The lowest BCUT2D eigenvalue weighted by atomic mass is 10.3. The second-order valence-corrected chi connectivity index (χ2v) is 5.66. The summed E-state index contributed by atoms with van der Waals surface area (Å²) in [5, 5.41) is 17.1. The number of nitrogens with zero attached hydrogens (tertiary/aromatic N) is 1. The Morgan fingerprint density at radius 2 is 2.47 bits per heavy atom. The highest BCUT2D eigenvalue weighted by atomic mass is 32.2. The van der Waals surface area contributed by atoms with Crippen LogP contribution in [0.15, 0.2) is 28.1 Å². The summed E-state index contributed by atoms with van der Waals surface area (Å²) >= 11 is 3.06. The number of carbonyl (C=O) groups excluding carboxylic acids is 1. The van der Waals surface area contributed by atoms with Gasteiger partial charge in [0.25, 0.3) is 0 Å². The average Bonchev–Trinajstić information content (AvgIpc) is 3.06. The van der Waals surface area contributed by atoms with E-state index in [0.717, 1.165) is 16.3 Å². The van der Waals surface area contributed by atoms with E-state index >= 15 is 0 Å². The first-order valence-corrected chi connectivity index (χ1v) is 7.78. The Bertz CT molecular complexity index is 511. The smallest absolute Gasteiger partial charge is 0.230 e. The van der Waals surface area contributed by atoms with E-state index in [2.05, 4.69) is 10.5 Å². The molecule has 7 heteroatoms. The lowest BCUT2D eigenvalue weighted by Gasteiger charge is -2.01. The molecule has 0 saturated heterocycles. The molecule has 2 aromatic heterocycles. The quantitative estimate of drug-likeness (QED) is 0.814. The Balaban J connectivity index is 1.76. The molecule has 2 heterocycles. The van der Waals surface area contributed by atoms with Gasteiger partial charge in [0.2, 0.25) is 5.91 Å². The fourth-order valence-corrected chi connectivity index (χ4v) is 2.82. The Labute approximate surface area is 119 Å². The van der Waals surface area contributed by atoms with Gasteiger partial charge in [-0.15, -0.1) is 23.1 Å². The maximum Gasteiger partial charge on any atom is 0.230 e. The summed E-state index contributed by atoms with van der Waals surface area (Å²) in [6.07, 6.45) is 0. The van der Waals surface area contributed by atoms with Gasteiger partial charge in [-0.3, -0.25) is 4.79 Å². The molecule has 0 aliphatic heterocycles. The van der Waals surface area contributed by atoms with Crippen molar-refractivity contribution >= 4 is 29.0 Å². The highest BCUT2D eigenvalue weighted by molar-refractivity contribution is 7.99. The first-order valence-electron chi connectivity index (χ1n) is 5.74. The number of rotatable bonds is 7. The third kappa shape index (κ3) is 4.38. The minimum absolute atomic E-state index is 0.0378. The van der Waals surface area contributed by atoms with Crippen molar-refractivity contribution in [2.24, 2.45) is 0 Å². The van der Waals surface area contributed by atoms with E-state index < -0.39 is 0 Å². The minimum atomic E-state index is -0.0824. The summed E-state index contributed by atoms with van der Waals surface area (Å²) in [7, 11) is 0. The molecular formula is C12H14N2O3S2. The van der Waals surface area contributed by atoms with Crippen LogP contribution in [0.3, 0.4) is 0 Å². The van der Waals surface area contributed by atoms with Crippen molar-refractivity contribution in [3.8, 4) is 10.6 Å². The molecule has 2 rings (SSSR count). The van der Waals surface area contributed by atoms with Crippen molar-refractivity contribution in [3.05, 3.63) is 29.3 Å². The molecule has 0 aromatic carbocycles. The first-order chi connectivity index (χ1) is 9.29. The number of thiophene rings is 1. The van der Waals surface area contributed by atoms with Crippen LogP contribution in [0.1, 0.15) is 5.69 Å². The molecule has 0 aliphatic carbocycles. The largest absolute Gasteiger partial charge is 0.395 e. The maximum atomic E-state index is 11.3. The van der Waals surface area contributed by atoms with Gasteiger partial charge in [0, 0.05) is 18.4 Å². The third-order valence-electron chi connectivity index (χ3n) is 2.24. The van der Waals surface area contributed by atoms with Crippen LogP contribution in [0.25, 0.3) is 10.6 Å². The molecular weight excluding hydrogens is 284 g/mol. The number of aliphatic hydroxyl groups excluding tert-OH is 1. The number of carbonyl (C=O) groups is 1. The maximum absolute atomic E-state index is 11.3. The van der Waals surface area contributed by atoms with Crippen molar-refractivity contribution in [2.45, 2.75) is 5.75 Å². The van der Waals surface area contributed by atoms with Crippen molar-refractivity contribution in [1.82, 2.24) is 10.5 Å². The van der Waals surface area contributed by atoms with Crippen LogP contribution in [0, 0.1) is 0 Å². The van der Waals surface area contributed by atoms with Crippen LogP contribution in [0.5, 0.6) is 0 Å². The van der Waals surface area contributed by atoms with Crippen LogP contribution in [-0.4, -0.2) is 35.1 Å². The van der Waals surface area contributed by atoms with Crippen molar-refractivity contribution in [1.29, 1.82) is 0 Å². The number of amides is 1. The van der Waals surface area contributed by atoms with E-state index in [-0.39, 0.29) is 12.5 Å². The zero-order valence-corrected chi connectivity index (χ0v) is 11.8. The molecule has 2 N–H and O–H groups in total. The van der Waals surface area contributed by atoms with Gasteiger partial charge in [-0.05, 0) is 11.4 Å². The number of aliphatic hydroxyl groups is 1. The zero-order chi connectivity index (χ0) is 13.5. The fraction of sp³-hybridized carbons (Fsp3) is 0.333. The van der Waals surface area contributed by atoms with E-state index in [4.69, 9.17) is 9.63 Å². The van der Waals surface area contributed by atoms with E-state index in [1.807, 2.05) is 23.6 Å². The molecule has 0 spiro atoms. The van der Waals surface area contributed by atoms with Gasteiger partial charge in [0.05, 0.1) is 22.9 Å². The summed E-state index contributed by atoms with van der Waals surface area (Å²) in [5.41, 5.74) is 0.823. The summed E-state index contributed by atoms with van der Waals surface area (Å²) in [6, 6.07) is 5.83. The molecule has 102 valence electrons. The lowest BCUT2D eigenvalue weighted by molar-refractivity contribution is -0.118. The molecule has 0 aliphatic rings. The third-order valence-corrected chi connectivity index (χ3v) is 4.09. The van der Waals surface area contributed by atoms with Gasteiger partial charge in [-0.25, -0.2) is 0 Å². The minimum Gasteiger partial charge on any atom is -0.395 e. The first kappa shape index (κ1) is 14.1. The Hall–Kier alpha value is -1.31. The Morgan fingerprint density at radius 3 is 3.21 bits per heavy atom. The van der Waals surface area contributed by atoms with Crippen LogP contribution in [-0.2, 0) is 10.5 Å². The SMILES string of the molecule is O=C(CSCc1cc(-c2cccs2)on1)NCCO. The van der Waals surface area contributed by atoms with Gasteiger partial charge in [-0.2, -0.15) is 0 Å². The summed E-state index contributed by atoms with van der Waals surface area (Å²) < 4.78 is 5.24. The molecule has 0 bridgehead atoms. The predicted octanol–water partition coefficient (Wildman–Crippen LogP) is 1.74. The number of hydrogen-bond donors (Lipinski definition) is 2. The van der Waals surface area contributed by atoms with Gasteiger partial charge < -0.3 is 14.9 Å². The Morgan fingerprint density at radius 1 is 1.58 bits per heavy atom. The van der Waals surface area contributed by atoms with E-state index in [1.54, 1.807) is 11.3 Å². The normalized spacial score (nSPS) is 10.6. The molecule has 0 radical (unpaired) electrons. The molecule has 0 unspecified atom stereocenters. The molecule has 5 nitrogen and oxygen atoms in total. The van der Waals surface area contributed by atoms with Crippen LogP contribution in [0.4, 0.5) is 0 Å². The predicted molar refractivity (Wildman–Crippen MR) is 76.1 cm³/mol.